The molecule has 2 N–H and O–H groups in total. The Hall–Kier alpha value is -1.23. The maximum Gasteiger partial charge on any atom is 0.337 e. The number of esters is 1. The third kappa shape index (κ3) is 9.73. The van der Waals surface area contributed by atoms with Gasteiger partial charge in [0, 0.05) is 18.9 Å². The first kappa shape index (κ1) is 23.8. The summed E-state index contributed by atoms with van der Waals surface area (Å²) in [6, 6.07) is 0. The summed E-state index contributed by atoms with van der Waals surface area (Å²) in [5, 5.41) is 12.6. The lowest BCUT2D eigenvalue weighted by molar-refractivity contribution is -0.173. The van der Waals surface area contributed by atoms with Crippen LogP contribution in [0, 0.1) is 5.41 Å². The van der Waals surface area contributed by atoms with Gasteiger partial charge >= 0.3 is 5.97 Å². The molecule has 0 aromatic carbocycles. The summed E-state index contributed by atoms with van der Waals surface area (Å²) in [7, 11) is -0.402. The standard InChI is InChI=1S/C15H30N2O7S/c1-11(18)16-8-7-9-25(21,22)23-10-15(3,4)13(19)14(20)24-12(2)17(5)6/h12-13,19H,7-10H2,1-6H3,(H,16,18)/t12?,13-/m0/s1. The van der Waals surface area contributed by atoms with Gasteiger partial charge in [0.2, 0.25) is 5.91 Å². The molecule has 148 valence electrons. The molecule has 0 saturated carbocycles. The van der Waals surface area contributed by atoms with Gasteiger partial charge in [-0.2, -0.15) is 8.42 Å². The first-order chi connectivity index (χ1) is 11.3. The van der Waals surface area contributed by atoms with Crippen LogP contribution >= 0.6 is 0 Å². The largest absolute Gasteiger partial charge is 0.445 e. The van der Waals surface area contributed by atoms with Crippen molar-refractivity contribution < 1.29 is 32.0 Å². The van der Waals surface area contributed by atoms with Gasteiger partial charge in [0.1, 0.15) is 0 Å². The molecule has 0 radical (unpaired) electrons. The molecule has 1 amide bonds. The zero-order valence-corrected chi connectivity index (χ0v) is 16.6. The quantitative estimate of drug-likeness (QED) is 0.216. The molecule has 0 saturated heterocycles. The lowest BCUT2D eigenvalue weighted by Gasteiger charge is -2.30. The molecule has 9 nitrogen and oxygen atoms in total. The van der Waals surface area contributed by atoms with Gasteiger partial charge in [0.25, 0.3) is 10.1 Å². The smallest absolute Gasteiger partial charge is 0.337 e. The number of carbonyl (C=O) groups is 2. The first-order valence-corrected chi connectivity index (χ1v) is 9.53. The monoisotopic (exact) mass is 382 g/mol. The Morgan fingerprint density at radius 1 is 1.28 bits per heavy atom. The molecular weight excluding hydrogens is 352 g/mol. The minimum absolute atomic E-state index is 0.202. The number of hydrogen-bond acceptors (Lipinski definition) is 8. The maximum absolute atomic E-state index is 12.0. The lowest BCUT2D eigenvalue weighted by Crippen LogP contribution is -2.44. The Morgan fingerprint density at radius 3 is 2.32 bits per heavy atom. The molecular formula is C15H30N2O7S. The highest BCUT2D eigenvalue weighted by molar-refractivity contribution is 7.86. The van der Waals surface area contributed by atoms with Crippen molar-refractivity contribution in [3.63, 3.8) is 0 Å². The maximum atomic E-state index is 12.0. The number of ether oxygens (including phenoxy) is 1. The highest BCUT2D eigenvalue weighted by Gasteiger charge is 2.37. The second kappa shape index (κ2) is 10.0. The van der Waals surface area contributed by atoms with Crippen molar-refractivity contribution in [3.05, 3.63) is 0 Å². The van der Waals surface area contributed by atoms with Crippen molar-refractivity contribution in [3.8, 4) is 0 Å². The van der Waals surface area contributed by atoms with Gasteiger partial charge in [0.05, 0.1) is 12.4 Å². The van der Waals surface area contributed by atoms with Crippen molar-refractivity contribution in [2.75, 3.05) is 33.0 Å². The van der Waals surface area contributed by atoms with Crippen LogP contribution in [0.3, 0.4) is 0 Å². The van der Waals surface area contributed by atoms with E-state index in [-0.39, 0.29) is 31.2 Å². The summed E-state index contributed by atoms with van der Waals surface area (Å²) in [6.07, 6.45) is -1.87. The number of nitrogens with one attached hydrogen (secondary N) is 1. The van der Waals surface area contributed by atoms with Crippen molar-refractivity contribution in [1.29, 1.82) is 0 Å². The molecule has 2 atom stereocenters. The van der Waals surface area contributed by atoms with E-state index in [2.05, 4.69) is 5.32 Å². The number of rotatable bonds is 11. The Bertz CT molecular complexity index is 546. The Morgan fingerprint density at radius 2 is 1.84 bits per heavy atom. The average Bonchev–Trinajstić information content (AvgIpc) is 2.48. The molecule has 1 unspecified atom stereocenters. The van der Waals surface area contributed by atoms with Crippen LogP contribution in [0.15, 0.2) is 0 Å². The topological polar surface area (TPSA) is 122 Å². The normalized spacial score (nSPS) is 14.9. The summed E-state index contributed by atoms with van der Waals surface area (Å²) < 4.78 is 33.7. The molecule has 10 heteroatoms. The zero-order valence-electron chi connectivity index (χ0n) is 15.7. The zero-order chi connectivity index (χ0) is 19.8. The van der Waals surface area contributed by atoms with Crippen LogP contribution in [0.5, 0.6) is 0 Å². The first-order valence-electron chi connectivity index (χ1n) is 7.95. The Balaban J connectivity index is 4.53. The van der Waals surface area contributed by atoms with Gasteiger partial charge < -0.3 is 15.2 Å². The van der Waals surface area contributed by atoms with Crippen LogP contribution in [0.4, 0.5) is 0 Å². The van der Waals surface area contributed by atoms with E-state index < -0.39 is 33.8 Å². The van der Waals surface area contributed by atoms with E-state index in [1.165, 1.54) is 20.8 Å². The van der Waals surface area contributed by atoms with E-state index >= 15 is 0 Å². The molecule has 0 aromatic rings. The number of aliphatic hydroxyl groups is 1. The molecule has 0 fully saturated rings. The SMILES string of the molecule is CC(=O)NCCCS(=O)(=O)OCC(C)(C)[C@@H](O)C(=O)OC(C)N(C)C. The van der Waals surface area contributed by atoms with Crippen LogP contribution in [-0.2, 0) is 28.6 Å². The van der Waals surface area contributed by atoms with E-state index in [9.17, 15) is 23.1 Å². The van der Waals surface area contributed by atoms with Crippen LogP contribution < -0.4 is 5.32 Å². The number of hydrogen-bond donors (Lipinski definition) is 2. The minimum Gasteiger partial charge on any atom is -0.445 e. The molecule has 25 heavy (non-hydrogen) atoms. The number of aliphatic hydroxyl groups excluding tert-OH is 1. The van der Waals surface area contributed by atoms with Gasteiger partial charge in [-0.1, -0.05) is 13.8 Å². The van der Waals surface area contributed by atoms with Crippen molar-refractivity contribution in [2.24, 2.45) is 5.41 Å². The summed E-state index contributed by atoms with van der Waals surface area (Å²) in [5.74, 6) is -1.37. The van der Waals surface area contributed by atoms with E-state index in [4.69, 9.17) is 8.92 Å². The molecule has 0 heterocycles. The van der Waals surface area contributed by atoms with Gasteiger partial charge in [-0.25, -0.2) is 4.79 Å². The van der Waals surface area contributed by atoms with E-state index in [0.29, 0.717) is 0 Å². The van der Waals surface area contributed by atoms with Crippen LogP contribution in [0.2, 0.25) is 0 Å². The predicted molar refractivity (Wildman–Crippen MR) is 92.1 cm³/mol. The fourth-order valence-corrected chi connectivity index (χ4v) is 2.65. The van der Waals surface area contributed by atoms with Crippen LogP contribution in [0.1, 0.15) is 34.1 Å². The fraction of sp³-hybridized carbons (Fsp3) is 0.867. The van der Waals surface area contributed by atoms with Gasteiger partial charge in [-0.15, -0.1) is 0 Å². The Labute approximate surface area is 149 Å². The van der Waals surface area contributed by atoms with E-state index in [1.807, 2.05) is 0 Å². The number of nitrogens with zero attached hydrogens (tertiary/aromatic N) is 1. The van der Waals surface area contributed by atoms with Gasteiger partial charge in [-0.3, -0.25) is 13.9 Å². The molecule has 0 aromatic heterocycles. The highest BCUT2D eigenvalue weighted by atomic mass is 32.2. The molecule has 0 rings (SSSR count). The molecule has 0 aliphatic carbocycles. The Kier molecular flexibility index (Phi) is 9.55. The third-order valence-corrected chi connectivity index (χ3v) is 4.80. The number of carbonyl (C=O) groups excluding carboxylic acids is 2. The van der Waals surface area contributed by atoms with E-state index in [0.717, 1.165) is 0 Å². The molecule has 0 aliphatic rings. The summed E-state index contributed by atoms with van der Waals surface area (Å²) in [6.45, 7) is 5.84. The van der Waals surface area contributed by atoms with Crippen molar-refractivity contribution in [1.82, 2.24) is 10.2 Å². The second-order valence-electron chi connectivity index (χ2n) is 6.75. The highest BCUT2D eigenvalue weighted by Crippen LogP contribution is 2.24. The van der Waals surface area contributed by atoms with Crippen molar-refractivity contribution in [2.45, 2.75) is 46.4 Å². The summed E-state index contributed by atoms with van der Waals surface area (Å²) in [5.41, 5.74) is -1.16. The summed E-state index contributed by atoms with van der Waals surface area (Å²) >= 11 is 0. The lowest BCUT2D eigenvalue weighted by atomic mass is 9.88. The van der Waals surface area contributed by atoms with Gasteiger partial charge in [-0.05, 0) is 27.4 Å². The van der Waals surface area contributed by atoms with Crippen molar-refractivity contribution >= 4 is 22.0 Å². The average molecular weight is 382 g/mol. The predicted octanol–water partition coefficient (Wildman–Crippen LogP) is -0.303. The van der Waals surface area contributed by atoms with Crippen LogP contribution in [-0.4, -0.2) is 75.6 Å². The summed E-state index contributed by atoms with van der Waals surface area (Å²) in [4.78, 5) is 24.3. The van der Waals surface area contributed by atoms with Crippen LogP contribution in [0.25, 0.3) is 0 Å². The molecule has 0 spiro atoms. The molecule has 0 aliphatic heterocycles. The number of amides is 1. The van der Waals surface area contributed by atoms with Gasteiger partial charge in [0.15, 0.2) is 12.3 Å². The minimum atomic E-state index is -3.83. The molecule has 0 bridgehead atoms. The van der Waals surface area contributed by atoms with E-state index in [1.54, 1.807) is 25.9 Å². The second-order valence-corrected chi connectivity index (χ2v) is 8.51. The third-order valence-electron chi connectivity index (χ3n) is 3.53. The fourth-order valence-electron chi connectivity index (χ4n) is 1.55.